The van der Waals surface area contributed by atoms with Crippen molar-refractivity contribution in [3.05, 3.63) is 29.3 Å². The fourth-order valence-electron chi connectivity index (χ4n) is 4.31. The highest BCUT2D eigenvalue weighted by Crippen LogP contribution is 2.31. The minimum atomic E-state index is 0.101. The highest BCUT2D eigenvalue weighted by molar-refractivity contribution is 7.15. The third kappa shape index (κ3) is 6.00. The average molecular weight is 402 g/mol. The Labute approximate surface area is 173 Å². The quantitative estimate of drug-likeness (QED) is 0.639. The summed E-state index contributed by atoms with van der Waals surface area (Å²) in [5.74, 6) is 0.729. The lowest BCUT2D eigenvalue weighted by Gasteiger charge is -2.46. The van der Waals surface area contributed by atoms with Crippen LogP contribution in [0.3, 0.4) is 0 Å². The molecule has 0 atom stereocenters. The monoisotopic (exact) mass is 401 g/mol. The van der Waals surface area contributed by atoms with Crippen LogP contribution in [-0.4, -0.2) is 39.7 Å². The molecule has 1 saturated heterocycles. The van der Waals surface area contributed by atoms with Gasteiger partial charge in [-0.1, -0.05) is 13.8 Å². The zero-order valence-corrected chi connectivity index (χ0v) is 18.9. The molecule has 0 radical (unpaired) electrons. The summed E-state index contributed by atoms with van der Waals surface area (Å²) < 4.78 is 0. The summed E-state index contributed by atoms with van der Waals surface area (Å²) in [6.07, 6.45) is 5.02. The van der Waals surface area contributed by atoms with Crippen LogP contribution < -0.4 is 16.0 Å². The zero-order chi connectivity index (χ0) is 20.4. The number of nitrogens with one attached hydrogen (secondary N) is 3. The first-order valence-electron chi connectivity index (χ1n) is 10.3. The van der Waals surface area contributed by atoms with Crippen molar-refractivity contribution < 1.29 is 0 Å². The van der Waals surface area contributed by atoms with Gasteiger partial charge >= 0.3 is 0 Å². The largest absolute Gasteiger partial charge is 0.351 e. The molecule has 28 heavy (non-hydrogen) atoms. The first-order chi connectivity index (χ1) is 13.1. The fraction of sp³-hybridized carbons (Fsp3) is 0.636. The number of thiophene rings is 1. The van der Waals surface area contributed by atoms with Crippen molar-refractivity contribution >= 4 is 17.3 Å². The number of rotatable bonds is 7. The highest BCUT2D eigenvalue weighted by Gasteiger charge is 2.37. The Kier molecular flexibility index (Phi) is 6.42. The number of aromatic nitrogens is 2. The van der Waals surface area contributed by atoms with Gasteiger partial charge in [0, 0.05) is 40.8 Å². The Morgan fingerprint density at radius 3 is 2.54 bits per heavy atom. The van der Waals surface area contributed by atoms with E-state index < -0.39 is 0 Å². The topological polar surface area (TPSA) is 61.9 Å². The van der Waals surface area contributed by atoms with Crippen LogP contribution in [0.15, 0.2) is 24.4 Å². The lowest BCUT2D eigenvalue weighted by atomic mass is 9.80. The molecule has 0 unspecified atom stereocenters. The van der Waals surface area contributed by atoms with E-state index in [9.17, 15) is 0 Å². The lowest BCUT2D eigenvalue weighted by molar-refractivity contribution is 0.170. The molecule has 0 bridgehead atoms. The van der Waals surface area contributed by atoms with Gasteiger partial charge in [0.15, 0.2) is 0 Å². The molecular formula is C22H35N5S. The van der Waals surface area contributed by atoms with Gasteiger partial charge in [-0.2, -0.15) is 0 Å². The van der Waals surface area contributed by atoms with Crippen molar-refractivity contribution in [2.45, 2.75) is 84.0 Å². The first-order valence-corrected chi connectivity index (χ1v) is 11.1. The summed E-state index contributed by atoms with van der Waals surface area (Å²) in [6.45, 7) is 14.4. The van der Waals surface area contributed by atoms with Crippen molar-refractivity contribution in [3.63, 3.8) is 0 Å². The Bertz CT molecular complexity index is 765. The van der Waals surface area contributed by atoms with Crippen molar-refractivity contribution in [2.75, 3.05) is 11.9 Å². The fourth-order valence-corrected chi connectivity index (χ4v) is 5.28. The van der Waals surface area contributed by atoms with Crippen molar-refractivity contribution in [1.29, 1.82) is 0 Å². The second-order valence-corrected chi connectivity index (χ2v) is 10.7. The molecule has 0 aliphatic carbocycles. The molecular weight excluding hydrogens is 366 g/mol. The molecule has 3 rings (SSSR count). The minimum Gasteiger partial charge on any atom is -0.351 e. The highest BCUT2D eigenvalue weighted by atomic mass is 32.1. The van der Waals surface area contributed by atoms with Gasteiger partial charge < -0.3 is 16.0 Å². The van der Waals surface area contributed by atoms with Gasteiger partial charge in [-0.25, -0.2) is 9.97 Å². The van der Waals surface area contributed by atoms with E-state index in [0.717, 1.165) is 37.4 Å². The predicted molar refractivity (Wildman–Crippen MR) is 120 cm³/mol. The van der Waals surface area contributed by atoms with E-state index >= 15 is 0 Å². The van der Waals surface area contributed by atoms with Crippen LogP contribution in [0.2, 0.25) is 0 Å². The molecule has 0 saturated carbocycles. The number of hydrogen-bond donors (Lipinski definition) is 3. The number of nitrogens with zero attached hydrogens (tertiary/aromatic N) is 2. The molecule has 0 amide bonds. The molecule has 154 valence electrons. The van der Waals surface area contributed by atoms with Crippen molar-refractivity contribution in [1.82, 2.24) is 20.6 Å². The molecule has 1 fully saturated rings. The number of anilines is 1. The van der Waals surface area contributed by atoms with E-state index in [1.807, 2.05) is 23.6 Å². The SMILES string of the molecule is CC(C)NCCc1ccc(-c2ccnc(NC3CC(C)(C)NC(C)(C)C3)n2)s1. The molecule has 2 aromatic rings. The number of hydrogen-bond acceptors (Lipinski definition) is 6. The standard InChI is InChI=1S/C22H35N5S/c1-15(2)23-11-9-17-7-8-19(28-17)18-10-12-24-20(26-18)25-16-13-21(3,4)27-22(5,6)14-16/h7-8,10,12,15-16,23,27H,9,11,13-14H2,1-6H3,(H,24,25,26). The molecule has 0 spiro atoms. The maximum Gasteiger partial charge on any atom is 0.223 e. The van der Waals surface area contributed by atoms with Crippen LogP contribution in [0.5, 0.6) is 0 Å². The van der Waals surface area contributed by atoms with Gasteiger partial charge in [0.25, 0.3) is 0 Å². The van der Waals surface area contributed by atoms with Crippen molar-refractivity contribution in [3.8, 4) is 10.6 Å². The smallest absolute Gasteiger partial charge is 0.223 e. The van der Waals surface area contributed by atoms with E-state index in [1.54, 1.807) is 0 Å². The first kappa shape index (κ1) is 21.2. The second-order valence-electron chi connectivity index (χ2n) is 9.53. The summed E-state index contributed by atoms with van der Waals surface area (Å²) in [5, 5.41) is 10.8. The molecule has 3 N–H and O–H groups in total. The maximum atomic E-state index is 4.81. The molecule has 5 nitrogen and oxygen atoms in total. The predicted octanol–water partition coefficient (Wildman–Crippen LogP) is 4.47. The van der Waals surface area contributed by atoms with Crippen LogP contribution in [-0.2, 0) is 6.42 Å². The second kappa shape index (κ2) is 8.47. The molecule has 3 heterocycles. The normalized spacial score (nSPS) is 19.1. The summed E-state index contributed by atoms with van der Waals surface area (Å²) in [7, 11) is 0. The summed E-state index contributed by atoms with van der Waals surface area (Å²) in [4.78, 5) is 11.9. The van der Waals surface area contributed by atoms with Crippen LogP contribution >= 0.6 is 11.3 Å². The molecule has 1 aliphatic heterocycles. The third-order valence-electron chi connectivity index (χ3n) is 5.02. The van der Waals surface area contributed by atoms with E-state index in [-0.39, 0.29) is 11.1 Å². The van der Waals surface area contributed by atoms with Crippen LogP contribution in [0.1, 0.15) is 59.3 Å². The van der Waals surface area contributed by atoms with E-state index in [2.05, 4.69) is 74.6 Å². The van der Waals surface area contributed by atoms with Crippen molar-refractivity contribution in [2.24, 2.45) is 0 Å². The Hall–Kier alpha value is -1.50. The van der Waals surface area contributed by atoms with Crippen LogP contribution in [0.4, 0.5) is 5.95 Å². The lowest BCUT2D eigenvalue weighted by Crippen LogP contribution is -2.60. The average Bonchev–Trinajstić information content (AvgIpc) is 3.00. The Morgan fingerprint density at radius 2 is 1.86 bits per heavy atom. The van der Waals surface area contributed by atoms with Gasteiger partial charge in [-0.3, -0.25) is 0 Å². The molecule has 2 aromatic heterocycles. The van der Waals surface area contributed by atoms with Crippen LogP contribution in [0, 0.1) is 0 Å². The zero-order valence-electron chi connectivity index (χ0n) is 18.1. The maximum absolute atomic E-state index is 4.81. The Morgan fingerprint density at radius 1 is 1.14 bits per heavy atom. The van der Waals surface area contributed by atoms with Gasteiger partial charge in [0.05, 0.1) is 10.6 Å². The molecule has 1 aliphatic rings. The van der Waals surface area contributed by atoms with E-state index in [4.69, 9.17) is 4.98 Å². The molecule has 0 aromatic carbocycles. The minimum absolute atomic E-state index is 0.101. The van der Waals surface area contributed by atoms with Gasteiger partial charge in [-0.05, 0) is 65.2 Å². The van der Waals surface area contributed by atoms with Gasteiger partial charge in [-0.15, -0.1) is 11.3 Å². The Balaban J connectivity index is 1.67. The number of piperidine rings is 1. The van der Waals surface area contributed by atoms with Crippen LogP contribution in [0.25, 0.3) is 10.6 Å². The molecule has 6 heteroatoms. The van der Waals surface area contributed by atoms with Gasteiger partial charge in [0.2, 0.25) is 5.95 Å². The van der Waals surface area contributed by atoms with E-state index in [0.29, 0.717) is 12.1 Å². The summed E-state index contributed by atoms with van der Waals surface area (Å²) >= 11 is 1.82. The summed E-state index contributed by atoms with van der Waals surface area (Å²) in [5.41, 5.74) is 1.20. The van der Waals surface area contributed by atoms with E-state index in [1.165, 1.54) is 9.75 Å². The summed E-state index contributed by atoms with van der Waals surface area (Å²) in [6, 6.07) is 7.29. The van der Waals surface area contributed by atoms with Gasteiger partial charge in [0.1, 0.15) is 0 Å². The third-order valence-corrected chi connectivity index (χ3v) is 6.18.